The Hall–Kier alpha value is -1.75. The van der Waals surface area contributed by atoms with Crippen LogP contribution >= 0.6 is 12.2 Å². The van der Waals surface area contributed by atoms with Crippen molar-refractivity contribution < 1.29 is 0 Å². The summed E-state index contributed by atoms with van der Waals surface area (Å²) in [6.07, 6.45) is 6.81. The van der Waals surface area contributed by atoms with E-state index in [4.69, 9.17) is 12.2 Å². The van der Waals surface area contributed by atoms with E-state index in [0.29, 0.717) is 10.9 Å². The minimum absolute atomic E-state index is 0.605. The minimum Gasteiger partial charge on any atom is -0.331 e. The van der Waals surface area contributed by atoms with Crippen LogP contribution in [0.4, 0.5) is 5.95 Å². The monoisotopic (exact) mass is 204 g/mol. The summed E-state index contributed by atoms with van der Waals surface area (Å²) >= 11 is 5.16. The number of aromatic nitrogens is 3. The molecule has 0 saturated carbocycles. The van der Waals surface area contributed by atoms with Crippen molar-refractivity contribution in [2.45, 2.75) is 0 Å². The van der Waals surface area contributed by atoms with Crippen molar-refractivity contribution in [3.8, 4) is 0 Å². The van der Waals surface area contributed by atoms with Gasteiger partial charge in [0.1, 0.15) is 4.99 Å². The zero-order valence-electron chi connectivity index (χ0n) is 7.27. The third-order valence-corrected chi connectivity index (χ3v) is 1.99. The third kappa shape index (κ3) is 1.94. The molecule has 2 N–H and O–H groups in total. The maximum absolute atomic E-state index is 5.16. The topological polar surface area (TPSA) is 53.6 Å². The van der Waals surface area contributed by atoms with Gasteiger partial charge in [0.05, 0.1) is 0 Å². The van der Waals surface area contributed by atoms with E-state index in [2.05, 4.69) is 20.3 Å². The van der Waals surface area contributed by atoms with Crippen LogP contribution in [0.25, 0.3) is 0 Å². The summed E-state index contributed by atoms with van der Waals surface area (Å²) in [6.45, 7) is 0. The van der Waals surface area contributed by atoms with Gasteiger partial charge in [-0.15, -0.1) is 0 Å². The predicted molar refractivity (Wildman–Crippen MR) is 58.1 cm³/mol. The highest BCUT2D eigenvalue weighted by Gasteiger charge is 2.01. The maximum Gasteiger partial charge on any atom is 0.205 e. The normalized spacial score (nSPS) is 9.71. The molecule has 0 aromatic carbocycles. The lowest BCUT2D eigenvalue weighted by Crippen LogP contribution is -2.11. The molecule has 0 aliphatic heterocycles. The Morgan fingerprint density at radius 2 is 2.36 bits per heavy atom. The summed E-state index contributed by atoms with van der Waals surface area (Å²) in [6, 6.07) is 3.73. The first-order chi connectivity index (χ1) is 6.86. The second kappa shape index (κ2) is 3.97. The number of imidazole rings is 1. The summed E-state index contributed by atoms with van der Waals surface area (Å²) in [5.74, 6) is 0.638. The van der Waals surface area contributed by atoms with Gasteiger partial charge < -0.3 is 10.3 Å². The van der Waals surface area contributed by atoms with Crippen LogP contribution in [0.15, 0.2) is 36.9 Å². The van der Waals surface area contributed by atoms with E-state index in [1.807, 2.05) is 12.1 Å². The fourth-order valence-electron chi connectivity index (χ4n) is 1.01. The Kier molecular flexibility index (Phi) is 2.51. The van der Waals surface area contributed by atoms with Gasteiger partial charge in [0.15, 0.2) is 0 Å². The molecule has 14 heavy (non-hydrogen) atoms. The molecule has 2 rings (SSSR count). The van der Waals surface area contributed by atoms with E-state index in [1.54, 1.807) is 24.8 Å². The lowest BCUT2D eigenvalue weighted by Gasteiger charge is -2.03. The number of nitrogens with one attached hydrogen (secondary N) is 2. The standard InChI is InChI=1S/C9H8N4S/c14-8(7-2-1-3-10-6-7)13-9-11-4-5-12-9/h1-6H,(H2,11,12,13,14). The molecule has 0 aliphatic rings. The number of rotatable bonds is 2. The average Bonchev–Trinajstić information content (AvgIpc) is 2.72. The largest absolute Gasteiger partial charge is 0.331 e. The van der Waals surface area contributed by atoms with Gasteiger partial charge in [-0.25, -0.2) is 4.98 Å². The Morgan fingerprint density at radius 1 is 1.43 bits per heavy atom. The molecule has 5 heteroatoms. The van der Waals surface area contributed by atoms with E-state index in [9.17, 15) is 0 Å². The van der Waals surface area contributed by atoms with Crippen LogP contribution in [0.5, 0.6) is 0 Å². The van der Waals surface area contributed by atoms with Gasteiger partial charge in [0, 0.05) is 30.4 Å². The summed E-state index contributed by atoms with van der Waals surface area (Å²) in [4.78, 5) is 11.5. The molecule has 2 aromatic heterocycles. The molecule has 0 atom stereocenters. The van der Waals surface area contributed by atoms with Crippen LogP contribution < -0.4 is 5.32 Å². The molecule has 4 nitrogen and oxygen atoms in total. The zero-order valence-corrected chi connectivity index (χ0v) is 8.08. The second-order valence-electron chi connectivity index (χ2n) is 2.63. The number of nitrogens with zero attached hydrogens (tertiary/aromatic N) is 2. The van der Waals surface area contributed by atoms with Crippen LogP contribution in [0, 0.1) is 0 Å². The van der Waals surface area contributed by atoms with Crippen molar-refractivity contribution in [1.29, 1.82) is 0 Å². The van der Waals surface area contributed by atoms with Gasteiger partial charge in [0.2, 0.25) is 5.95 Å². The molecule has 0 aliphatic carbocycles. The van der Waals surface area contributed by atoms with Crippen molar-refractivity contribution in [3.63, 3.8) is 0 Å². The molecule has 0 bridgehead atoms. The second-order valence-corrected chi connectivity index (χ2v) is 3.04. The van der Waals surface area contributed by atoms with E-state index in [0.717, 1.165) is 5.56 Å². The average molecular weight is 204 g/mol. The van der Waals surface area contributed by atoms with E-state index in [-0.39, 0.29) is 0 Å². The van der Waals surface area contributed by atoms with Crippen molar-refractivity contribution in [2.75, 3.05) is 5.32 Å². The molecule has 0 amide bonds. The molecule has 0 unspecified atom stereocenters. The Morgan fingerprint density at radius 3 is 3.00 bits per heavy atom. The third-order valence-electron chi connectivity index (χ3n) is 1.65. The highest BCUT2D eigenvalue weighted by Crippen LogP contribution is 2.02. The van der Waals surface area contributed by atoms with Crippen LogP contribution in [0.2, 0.25) is 0 Å². The van der Waals surface area contributed by atoms with Crippen LogP contribution in [-0.4, -0.2) is 19.9 Å². The quantitative estimate of drug-likeness (QED) is 0.729. The highest BCUT2D eigenvalue weighted by molar-refractivity contribution is 7.81. The van der Waals surface area contributed by atoms with Crippen molar-refractivity contribution in [2.24, 2.45) is 0 Å². The molecule has 0 spiro atoms. The number of aromatic amines is 1. The summed E-state index contributed by atoms with van der Waals surface area (Å²) in [5.41, 5.74) is 0.874. The smallest absolute Gasteiger partial charge is 0.205 e. The Balaban J connectivity index is 2.11. The van der Waals surface area contributed by atoms with E-state index >= 15 is 0 Å². The van der Waals surface area contributed by atoms with Crippen LogP contribution in [-0.2, 0) is 0 Å². The fourth-order valence-corrected chi connectivity index (χ4v) is 1.23. The first-order valence-corrected chi connectivity index (χ1v) is 4.48. The molecular formula is C9H8N4S. The van der Waals surface area contributed by atoms with Gasteiger partial charge in [0.25, 0.3) is 0 Å². The highest BCUT2D eigenvalue weighted by atomic mass is 32.1. The number of anilines is 1. The lowest BCUT2D eigenvalue weighted by molar-refractivity contribution is 1.29. The molecule has 2 aromatic rings. The van der Waals surface area contributed by atoms with E-state index in [1.165, 1.54) is 0 Å². The molecule has 70 valence electrons. The predicted octanol–water partition coefficient (Wildman–Crippen LogP) is 1.59. The summed E-state index contributed by atoms with van der Waals surface area (Å²) < 4.78 is 0. The van der Waals surface area contributed by atoms with Crippen molar-refractivity contribution in [1.82, 2.24) is 15.0 Å². The van der Waals surface area contributed by atoms with Gasteiger partial charge in [-0.1, -0.05) is 12.2 Å². The number of hydrogen-bond donors (Lipinski definition) is 2. The Labute approximate surface area is 86.4 Å². The lowest BCUT2D eigenvalue weighted by atomic mass is 10.3. The molecule has 0 radical (unpaired) electrons. The maximum atomic E-state index is 5.16. The Bertz CT molecular complexity index is 410. The molecule has 0 saturated heterocycles. The summed E-state index contributed by atoms with van der Waals surface area (Å²) in [7, 11) is 0. The van der Waals surface area contributed by atoms with Crippen LogP contribution in [0.3, 0.4) is 0 Å². The van der Waals surface area contributed by atoms with Gasteiger partial charge in [-0.2, -0.15) is 0 Å². The zero-order chi connectivity index (χ0) is 9.80. The minimum atomic E-state index is 0.605. The van der Waals surface area contributed by atoms with Gasteiger partial charge >= 0.3 is 0 Å². The number of pyridine rings is 1. The number of H-pyrrole nitrogens is 1. The van der Waals surface area contributed by atoms with Gasteiger partial charge in [-0.3, -0.25) is 4.98 Å². The van der Waals surface area contributed by atoms with Crippen LogP contribution in [0.1, 0.15) is 5.56 Å². The van der Waals surface area contributed by atoms with Crippen molar-refractivity contribution in [3.05, 3.63) is 42.5 Å². The first kappa shape index (κ1) is 8.83. The number of hydrogen-bond acceptors (Lipinski definition) is 3. The number of thiocarbonyl (C=S) groups is 1. The molecule has 2 heterocycles. The summed E-state index contributed by atoms with van der Waals surface area (Å²) in [5, 5.41) is 2.96. The first-order valence-electron chi connectivity index (χ1n) is 4.07. The molecule has 0 fully saturated rings. The van der Waals surface area contributed by atoms with Gasteiger partial charge in [-0.05, 0) is 12.1 Å². The fraction of sp³-hybridized carbons (Fsp3) is 0. The molecular weight excluding hydrogens is 196 g/mol. The SMILES string of the molecule is S=C(Nc1ncc[nH]1)c1cccnc1. The van der Waals surface area contributed by atoms with E-state index < -0.39 is 0 Å². The van der Waals surface area contributed by atoms with Crippen molar-refractivity contribution >= 4 is 23.2 Å².